The van der Waals surface area contributed by atoms with E-state index >= 15 is 0 Å². The van der Waals surface area contributed by atoms with E-state index in [9.17, 15) is 4.39 Å². The van der Waals surface area contributed by atoms with Gasteiger partial charge in [0.1, 0.15) is 5.82 Å². The summed E-state index contributed by atoms with van der Waals surface area (Å²) < 4.78 is 13.4. The zero-order chi connectivity index (χ0) is 14.5. The van der Waals surface area contributed by atoms with Gasteiger partial charge in [0.05, 0.1) is 0 Å². The number of hydrogen-bond acceptors (Lipinski definition) is 3. The van der Waals surface area contributed by atoms with E-state index in [1.54, 1.807) is 12.1 Å². The van der Waals surface area contributed by atoms with Crippen LogP contribution in [0.3, 0.4) is 0 Å². The van der Waals surface area contributed by atoms with Crippen molar-refractivity contribution in [3.05, 3.63) is 29.6 Å². The molecule has 20 heavy (non-hydrogen) atoms. The van der Waals surface area contributed by atoms with E-state index in [2.05, 4.69) is 29.0 Å². The second kappa shape index (κ2) is 7.04. The summed E-state index contributed by atoms with van der Waals surface area (Å²) in [5.41, 5.74) is 2.22. The Morgan fingerprint density at radius 1 is 1.20 bits per heavy atom. The fraction of sp³-hybridized carbons (Fsp3) is 0.625. The Bertz CT molecular complexity index is 426. The minimum absolute atomic E-state index is 0.155. The highest BCUT2D eigenvalue weighted by molar-refractivity contribution is 5.54. The lowest BCUT2D eigenvalue weighted by Gasteiger charge is -2.37. The van der Waals surface area contributed by atoms with Crippen molar-refractivity contribution in [3.63, 3.8) is 0 Å². The number of nitrogens with zero attached hydrogens (tertiary/aromatic N) is 2. The van der Waals surface area contributed by atoms with Crippen molar-refractivity contribution in [3.8, 4) is 0 Å². The first-order valence-corrected chi connectivity index (χ1v) is 7.50. The Hall–Kier alpha value is -1.13. The molecule has 1 aliphatic rings. The molecule has 0 radical (unpaired) electrons. The van der Waals surface area contributed by atoms with Gasteiger partial charge >= 0.3 is 0 Å². The first-order chi connectivity index (χ1) is 9.60. The predicted molar refractivity (Wildman–Crippen MR) is 82.7 cm³/mol. The summed E-state index contributed by atoms with van der Waals surface area (Å²) in [5, 5.41) is 3.12. The number of anilines is 1. The molecular formula is C16H26FN3. The van der Waals surface area contributed by atoms with Crippen LogP contribution in [0.4, 0.5) is 10.1 Å². The zero-order valence-corrected chi connectivity index (χ0v) is 12.8. The van der Waals surface area contributed by atoms with Crippen molar-refractivity contribution >= 4 is 5.69 Å². The summed E-state index contributed by atoms with van der Waals surface area (Å²) in [6, 6.07) is 5.13. The number of rotatable bonds is 5. The fourth-order valence-electron chi connectivity index (χ4n) is 2.88. The maximum absolute atomic E-state index is 13.4. The third-order valence-corrected chi connectivity index (χ3v) is 3.75. The normalized spacial score (nSPS) is 16.9. The van der Waals surface area contributed by atoms with Gasteiger partial charge in [-0.2, -0.15) is 0 Å². The Morgan fingerprint density at radius 3 is 2.50 bits per heavy atom. The Balaban J connectivity index is 2.03. The molecule has 0 bridgehead atoms. The average molecular weight is 279 g/mol. The molecule has 0 spiro atoms. The van der Waals surface area contributed by atoms with E-state index in [-0.39, 0.29) is 5.82 Å². The minimum Gasteiger partial charge on any atom is -0.369 e. The Morgan fingerprint density at radius 2 is 1.90 bits per heavy atom. The van der Waals surface area contributed by atoms with Gasteiger partial charge in [0.2, 0.25) is 0 Å². The summed E-state index contributed by atoms with van der Waals surface area (Å²) in [6.45, 7) is 10.6. The molecule has 1 aromatic carbocycles. The van der Waals surface area contributed by atoms with Crippen molar-refractivity contribution < 1.29 is 4.39 Å². The van der Waals surface area contributed by atoms with E-state index in [4.69, 9.17) is 0 Å². The molecular weight excluding hydrogens is 253 g/mol. The summed E-state index contributed by atoms with van der Waals surface area (Å²) in [7, 11) is 1.90. The summed E-state index contributed by atoms with van der Waals surface area (Å²) in [5.74, 6) is 0.560. The van der Waals surface area contributed by atoms with Gasteiger partial charge in [0.25, 0.3) is 0 Å². The fourth-order valence-corrected chi connectivity index (χ4v) is 2.88. The lowest BCUT2D eigenvalue weighted by atomic mass is 10.1. The molecule has 0 aromatic heterocycles. The van der Waals surface area contributed by atoms with Crippen LogP contribution in [0.1, 0.15) is 19.4 Å². The second-order valence-corrected chi connectivity index (χ2v) is 5.98. The van der Waals surface area contributed by atoms with E-state index < -0.39 is 0 Å². The van der Waals surface area contributed by atoms with Crippen LogP contribution in [0.15, 0.2) is 18.2 Å². The molecule has 1 heterocycles. The van der Waals surface area contributed by atoms with Gasteiger partial charge < -0.3 is 10.2 Å². The lowest BCUT2D eigenvalue weighted by Crippen LogP contribution is -2.47. The number of halogens is 1. The van der Waals surface area contributed by atoms with Crippen LogP contribution in [0.5, 0.6) is 0 Å². The smallest absolute Gasteiger partial charge is 0.123 e. The Kier molecular flexibility index (Phi) is 5.38. The molecule has 0 atom stereocenters. The monoisotopic (exact) mass is 279 g/mol. The summed E-state index contributed by atoms with van der Waals surface area (Å²) in [6.07, 6.45) is 0. The number of benzene rings is 1. The van der Waals surface area contributed by atoms with Gasteiger partial charge in [-0.15, -0.1) is 0 Å². The van der Waals surface area contributed by atoms with Crippen LogP contribution in [-0.2, 0) is 6.54 Å². The van der Waals surface area contributed by atoms with Gasteiger partial charge in [-0.1, -0.05) is 13.8 Å². The van der Waals surface area contributed by atoms with Gasteiger partial charge in [0.15, 0.2) is 0 Å². The molecule has 0 amide bonds. The maximum Gasteiger partial charge on any atom is 0.123 e. The quantitative estimate of drug-likeness (QED) is 0.892. The summed E-state index contributed by atoms with van der Waals surface area (Å²) >= 11 is 0. The molecule has 1 aliphatic heterocycles. The van der Waals surface area contributed by atoms with E-state index in [0.29, 0.717) is 12.5 Å². The molecule has 2 rings (SSSR count). The largest absolute Gasteiger partial charge is 0.369 e. The highest BCUT2D eigenvalue weighted by Crippen LogP contribution is 2.23. The van der Waals surface area contributed by atoms with Crippen molar-refractivity contribution in [1.82, 2.24) is 10.2 Å². The van der Waals surface area contributed by atoms with Crippen molar-refractivity contribution in [1.29, 1.82) is 0 Å². The first kappa shape index (κ1) is 15.3. The molecule has 3 nitrogen and oxygen atoms in total. The highest BCUT2D eigenvalue weighted by Gasteiger charge is 2.19. The molecule has 0 unspecified atom stereocenters. The van der Waals surface area contributed by atoms with E-state index in [1.807, 2.05) is 13.1 Å². The third kappa shape index (κ3) is 3.93. The van der Waals surface area contributed by atoms with Crippen LogP contribution in [0.25, 0.3) is 0 Å². The molecule has 4 heteroatoms. The first-order valence-electron chi connectivity index (χ1n) is 7.50. The topological polar surface area (TPSA) is 18.5 Å². The SMILES string of the molecule is CNCc1cc(F)ccc1N1CCN(CC(C)C)CC1. The second-order valence-electron chi connectivity index (χ2n) is 5.98. The average Bonchev–Trinajstić information content (AvgIpc) is 2.40. The Labute approximate surface area is 121 Å². The van der Waals surface area contributed by atoms with Crippen molar-refractivity contribution in [2.75, 3.05) is 44.7 Å². The van der Waals surface area contributed by atoms with Crippen molar-refractivity contribution in [2.45, 2.75) is 20.4 Å². The standard InChI is InChI=1S/C16H26FN3/c1-13(2)12-19-6-8-20(9-7-19)16-5-4-15(17)10-14(16)11-18-3/h4-5,10,13,18H,6-9,11-12H2,1-3H3. The van der Waals surface area contributed by atoms with Crippen LogP contribution in [-0.4, -0.2) is 44.7 Å². The van der Waals surface area contributed by atoms with Crippen LogP contribution < -0.4 is 10.2 Å². The predicted octanol–water partition coefficient (Wildman–Crippen LogP) is 2.32. The molecule has 1 saturated heterocycles. The van der Waals surface area contributed by atoms with Crippen molar-refractivity contribution in [2.24, 2.45) is 5.92 Å². The third-order valence-electron chi connectivity index (χ3n) is 3.75. The minimum atomic E-state index is -0.155. The zero-order valence-electron chi connectivity index (χ0n) is 12.8. The van der Waals surface area contributed by atoms with E-state index in [1.165, 1.54) is 12.2 Å². The van der Waals surface area contributed by atoms with Gasteiger partial charge in [0, 0.05) is 45.0 Å². The van der Waals surface area contributed by atoms with Crippen LogP contribution in [0.2, 0.25) is 0 Å². The van der Waals surface area contributed by atoms with Gasteiger partial charge in [-0.05, 0) is 36.7 Å². The van der Waals surface area contributed by atoms with Gasteiger partial charge in [-0.3, -0.25) is 4.90 Å². The van der Waals surface area contributed by atoms with Gasteiger partial charge in [-0.25, -0.2) is 4.39 Å². The highest BCUT2D eigenvalue weighted by atomic mass is 19.1. The molecule has 112 valence electrons. The molecule has 0 saturated carbocycles. The number of piperazine rings is 1. The number of nitrogens with one attached hydrogen (secondary N) is 1. The van der Waals surface area contributed by atoms with Crippen LogP contribution in [0, 0.1) is 11.7 Å². The lowest BCUT2D eigenvalue weighted by molar-refractivity contribution is 0.231. The molecule has 0 aliphatic carbocycles. The molecule has 1 N–H and O–H groups in total. The van der Waals surface area contributed by atoms with E-state index in [0.717, 1.165) is 31.7 Å². The summed E-state index contributed by atoms with van der Waals surface area (Å²) in [4.78, 5) is 4.89. The van der Waals surface area contributed by atoms with Crippen LogP contribution >= 0.6 is 0 Å². The maximum atomic E-state index is 13.4. The molecule has 1 aromatic rings. The molecule has 1 fully saturated rings. The number of hydrogen-bond donors (Lipinski definition) is 1.